The third kappa shape index (κ3) is 3.38. The molecule has 2 aliphatic heterocycles. The van der Waals surface area contributed by atoms with E-state index < -0.39 is 6.04 Å². The first-order valence-corrected chi connectivity index (χ1v) is 11.0. The highest BCUT2D eigenvalue weighted by Gasteiger charge is 2.42. The van der Waals surface area contributed by atoms with E-state index in [1.165, 1.54) is 12.1 Å². The summed E-state index contributed by atoms with van der Waals surface area (Å²) in [6.07, 6.45) is 2.16. The smallest absolute Gasteiger partial charge is 0.277 e. The largest absolute Gasteiger partial charge is 0.312 e. The van der Waals surface area contributed by atoms with Crippen LogP contribution in [-0.2, 0) is 11.2 Å². The summed E-state index contributed by atoms with van der Waals surface area (Å²) < 4.78 is 13.7. The Morgan fingerprint density at radius 3 is 2.38 bits per heavy atom. The number of aromatic amines is 1. The second-order valence-corrected chi connectivity index (χ2v) is 8.85. The lowest BCUT2D eigenvalue weighted by Crippen LogP contribution is -2.30. The fourth-order valence-electron chi connectivity index (χ4n) is 4.70. The van der Waals surface area contributed by atoms with E-state index in [9.17, 15) is 14.0 Å². The summed E-state index contributed by atoms with van der Waals surface area (Å²) in [6, 6.07) is 13.4. The van der Waals surface area contributed by atoms with Crippen LogP contribution in [0.1, 0.15) is 60.0 Å². The molecule has 1 fully saturated rings. The molecule has 1 aromatic heterocycles. The molecule has 2 amide bonds. The van der Waals surface area contributed by atoms with Crippen LogP contribution in [0, 0.1) is 11.7 Å². The van der Waals surface area contributed by atoms with Crippen LogP contribution in [0.15, 0.2) is 48.5 Å². The summed E-state index contributed by atoms with van der Waals surface area (Å²) in [5.74, 6) is 0.0113. The van der Waals surface area contributed by atoms with Gasteiger partial charge in [-0.25, -0.2) is 4.39 Å². The van der Waals surface area contributed by atoms with Crippen LogP contribution in [0.5, 0.6) is 0 Å². The number of nitrogens with zero attached hydrogens (tertiary/aromatic N) is 3. The third-order valence-corrected chi connectivity index (χ3v) is 6.15. The minimum absolute atomic E-state index is 0.124. The Bertz CT molecular complexity index is 1170. The quantitative estimate of drug-likeness (QED) is 0.639. The van der Waals surface area contributed by atoms with Gasteiger partial charge in [0.25, 0.3) is 5.91 Å². The van der Waals surface area contributed by atoms with Crippen LogP contribution in [-0.4, -0.2) is 28.6 Å². The minimum Gasteiger partial charge on any atom is -0.312 e. The minimum atomic E-state index is -0.398. The number of anilines is 2. The van der Waals surface area contributed by atoms with Gasteiger partial charge in [-0.2, -0.15) is 5.10 Å². The number of benzene rings is 2. The van der Waals surface area contributed by atoms with Gasteiger partial charge in [-0.05, 0) is 60.7 Å². The van der Waals surface area contributed by atoms with Crippen molar-refractivity contribution in [2.24, 2.45) is 5.92 Å². The van der Waals surface area contributed by atoms with Gasteiger partial charge < -0.3 is 4.90 Å². The first kappa shape index (κ1) is 20.4. The van der Waals surface area contributed by atoms with Crippen molar-refractivity contribution < 1.29 is 14.0 Å². The molecule has 1 atom stereocenters. The SMILES string of the molecule is CC(C)Cc1n[nH]c2c1C(c1ccc(F)cc1)N(c1ccc(N3CCCC3=O)cc1)C2=O. The van der Waals surface area contributed by atoms with Crippen molar-refractivity contribution in [3.05, 3.63) is 76.9 Å². The molecule has 0 spiro atoms. The van der Waals surface area contributed by atoms with Gasteiger partial charge in [-0.1, -0.05) is 26.0 Å². The maximum atomic E-state index is 13.7. The number of rotatable bonds is 5. The monoisotopic (exact) mass is 432 g/mol. The molecule has 1 saturated heterocycles. The van der Waals surface area contributed by atoms with Crippen LogP contribution < -0.4 is 9.80 Å². The lowest BCUT2D eigenvalue weighted by atomic mass is 9.95. The Balaban J connectivity index is 1.57. The molecular weight excluding hydrogens is 407 g/mol. The molecule has 1 unspecified atom stereocenters. The molecule has 0 bridgehead atoms. The molecule has 3 aromatic rings. The van der Waals surface area contributed by atoms with Crippen LogP contribution in [0.2, 0.25) is 0 Å². The van der Waals surface area contributed by atoms with Crippen molar-refractivity contribution in [1.82, 2.24) is 10.2 Å². The average molecular weight is 432 g/mol. The second-order valence-electron chi connectivity index (χ2n) is 8.85. The normalized spacial score (nSPS) is 18.2. The molecule has 0 aliphatic carbocycles. The van der Waals surface area contributed by atoms with Crippen LogP contribution in [0.3, 0.4) is 0 Å². The van der Waals surface area contributed by atoms with E-state index in [-0.39, 0.29) is 17.6 Å². The van der Waals surface area contributed by atoms with E-state index in [0.717, 1.165) is 41.0 Å². The number of hydrogen-bond acceptors (Lipinski definition) is 3. The molecule has 6 nitrogen and oxygen atoms in total. The maximum absolute atomic E-state index is 13.7. The number of hydrogen-bond donors (Lipinski definition) is 1. The Hall–Kier alpha value is -3.48. The standard InChI is InChI=1S/C25H25FN4O2/c1-15(2)14-20-22-23(28-27-20)25(32)30(24(22)16-5-7-17(26)8-6-16)19-11-9-18(10-12-19)29-13-3-4-21(29)31/h5-12,15,24H,3-4,13-14H2,1-2H3,(H,27,28). The summed E-state index contributed by atoms with van der Waals surface area (Å²) in [4.78, 5) is 29.1. The van der Waals surface area contributed by atoms with Gasteiger partial charge in [0.15, 0.2) is 0 Å². The number of amides is 2. The molecule has 0 saturated carbocycles. The van der Waals surface area contributed by atoms with Crippen LogP contribution in [0.4, 0.5) is 15.8 Å². The summed E-state index contributed by atoms with van der Waals surface area (Å²) in [5.41, 5.74) is 4.58. The Labute approximate surface area is 186 Å². The highest BCUT2D eigenvalue weighted by atomic mass is 19.1. The molecule has 3 heterocycles. The van der Waals surface area contributed by atoms with Gasteiger partial charge in [0.1, 0.15) is 11.5 Å². The van der Waals surface area contributed by atoms with Gasteiger partial charge in [0.2, 0.25) is 5.91 Å². The van der Waals surface area contributed by atoms with E-state index >= 15 is 0 Å². The molecule has 2 aliphatic rings. The molecule has 7 heteroatoms. The van der Waals surface area contributed by atoms with Crippen LogP contribution >= 0.6 is 0 Å². The number of nitrogens with one attached hydrogen (secondary N) is 1. The molecule has 1 N–H and O–H groups in total. The first-order valence-electron chi connectivity index (χ1n) is 11.0. The predicted molar refractivity (Wildman–Crippen MR) is 120 cm³/mol. The van der Waals surface area contributed by atoms with Crippen molar-refractivity contribution >= 4 is 23.2 Å². The Kier molecular flexibility index (Phi) is 5.04. The van der Waals surface area contributed by atoms with Gasteiger partial charge in [-0.15, -0.1) is 0 Å². The van der Waals surface area contributed by atoms with E-state index in [1.54, 1.807) is 21.9 Å². The molecule has 0 radical (unpaired) electrons. The molecule has 164 valence electrons. The number of carbonyl (C=O) groups excluding carboxylic acids is 2. The lowest BCUT2D eigenvalue weighted by molar-refractivity contribution is -0.117. The summed E-state index contributed by atoms with van der Waals surface area (Å²) in [5, 5.41) is 7.38. The summed E-state index contributed by atoms with van der Waals surface area (Å²) >= 11 is 0. The first-order chi connectivity index (χ1) is 15.4. The van der Waals surface area contributed by atoms with Crippen molar-refractivity contribution in [1.29, 1.82) is 0 Å². The number of H-pyrrole nitrogens is 1. The predicted octanol–water partition coefficient (Wildman–Crippen LogP) is 4.62. The highest BCUT2D eigenvalue weighted by molar-refractivity contribution is 6.10. The fourth-order valence-corrected chi connectivity index (χ4v) is 4.70. The van der Waals surface area contributed by atoms with Gasteiger partial charge in [0.05, 0.1) is 11.7 Å². The number of halogens is 1. The van der Waals surface area contributed by atoms with Gasteiger partial charge in [0, 0.05) is 29.9 Å². The zero-order valence-electron chi connectivity index (χ0n) is 18.1. The van der Waals surface area contributed by atoms with E-state index in [2.05, 4.69) is 24.0 Å². The van der Waals surface area contributed by atoms with Gasteiger partial charge in [-0.3, -0.25) is 19.6 Å². The maximum Gasteiger partial charge on any atom is 0.277 e. The third-order valence-electron chi connectivity index (χ3n) is 6.15. The second kappa shape index (κ2) is 7.89. The molecule has 5 rings (SSSR count). The topological polar surface area (TPSA) is 69.3 Å². The molecular formula is C25H25FN4O2. The van der Waals surface area contributed by atoms with Crippen LogP contribution in [0.25, 0.3) is 0 Å². The van der Waals surface area contributed by atoms with Crippen molar-refractivity contribution in [3.63, 3.8) is 0 Å². The molecule has 32 heavy (non-hydrogen) atoms. The Morgan fingerprint density at radius 1 is 1.06 bits per heavy atom. The van der Waals surface area contributed by atoms with Crippen molar-refractivity contribution in [3.8, 4) is 0 Å². The molecule has 2 aromatic carbocycles. The highest BCUT2D eigenvalue weighted by Crippen LogP contribution is 2.43. The average Bonchev–Trinajstić information content (AvgIpc) is 3.45. The van der Waals surface area contributed by atoms with Gasteiger partial charge >= 0.3 is 0 Å². The number of aromatic nitrogens is 2. The zero-order valence-corrected chi connectivity index (χ0v) is 18.1. The van der Waals surface area contributed by atoms with E-state index in [1.807, 2.05) is 24.3 Å². The van der Waals surface area contributed by atoms with E-state index in [4.69, 9.17) is 0 Å². The summed E-state index contributed by atoms with van der Waals surface area (Å²) in [6.45, 7) is 4.94. The van der Waals surface area contributed by atoms with Crippen molar-refractivity contribution in [2.45, 2.75) is 39.2 Å². The Morgan fingerprint density at radius 2 is 1.75 bits per heavy atom. The number of fused-ring (bicyclic) bond motifs is 1. The lowest BCUT2D eigenvalue weighted by Gasteiger charge is -2.27. The summed E-state index contributed by atoms with van der Waals surface area (Å²) in [7, 11) is 0. The van der Waals surface area contributed by atoms with Crippen molar-refractivity contribution in [2.75, 3.05) is 16.3 Å². The zero-order chi connectivity index (χ0) is 22.4. The van der Waals surface area contributed by atoms with E-state index in [0.29, 0.717) is 24.6 Å². The number of carbonyl (C=O) groups is 2. The fraction of sp³-hybridized carbons (Fsp3) is 0.320.